The van der Waals surface area contributed by atoms with Crippen molar-refractivity contribution in [3.05, 3.63) is 41.0 Å². The van der Waals surface area contributed by atoms with Gasteiger partial charge in [-0.3, -0.25) is 0 Å². The van der Waals surface area contributed by atoms with Gasteiger partial charge in [0, 0.05) is 24.1 Å². The smallest absolute Gasteiger partial charge is 0.250 e. The lowest BCUT2D eigenvalue weighted by Gasteiger charge is -2.27. The third kappa shape index (κ3) is 4.77. The number of aromatic nitrogens is 3. The Morgan fingerprint density at radius 1 is 1.19 bits per heavy atom. The second-order valence-electron chi connectivity index (χ2n) is 6.78. The summed E-state index contributed by atoms with van der Waals surface area (Å²) in [5.74, 6) is 1.01. The van der Waals surface area contributed by atoms with E-state index in [9.17, 15) is 0 Å². The molecule has 8 heteroatoms. The van der Waals surface area contributed by atoms with Crippen molar-refractivity contribution in [2.45, 2.75) is 48.9 Å². The number of nitrogens with two attached hydrogens (primary N) is 1. The Kier molecular flexibility index (Phi) is 5.63. The standard InChI is InChI=1S/C18H22Cl3N5/c1-3-17(22,4-2)10-23-16-25-14(24-15(26-16)18(19,20)21)13-8-12(9-13)7-11-5-6-11/h5,7-8H,3-4,6,9-10,22H2,1-2H3,(H,23,24,25,26). The molecule has 0 bridgehead atoms. The van der Waals surface area contributed by atoms with Gasteiger partial charge < -0.3 is 11.1 Å². The second-order valence-corrected chi connectivity index (χ2v) is 9.06. The van der Waals surface area contributed by atoms with Crippen LogP contribution in [0.2, 0.25) is 0 Å². The van der Waals surface area contributed by atoms with E-state index < -0.39 is 3.79 Å². The van der Waals surface area contributed by atoms with Crippen molar-refractivity contribution in [1.82, 2.24) is 15.0 Å². The maximum atomic E-state index is 6.34. The third-order valence-corrected chi connectivity index (χ3v) is 5.25. The molecular formula is C18H22Cl3N5. The Bertz CT molecular complexity index is 789. The molecule has 0 spiro atoms. The van der Waals surface area contributed by atoms with E-state index >= 15 is 0 Å². The molecule has 0 unspecified atom stereocenters. The number of nitrogens with zero attached hydrogens (tertiary/aromatic N) is 3. The van der Waals surface area contributed by atoms with Crippen LogP contribution < -0.4 is 11.1 Å². The number of nitrogens with one attached hydrogen (secondary N) is 1. The van der Waals surface area contributed by atoms with Crippen molar-refractivity contribution in [2.24, 2.45) is 5.73 Å². The fourth-order valence-electron chi connectivity index (χ4n) is 2.55. The Balaban J connectivity index is 1.84. The summed E-state index contributed by atoms with van der Waals surface area (Å²) in [6.07, 6.45) is 9.98. The molecule has 1 aromatic rings. The van der Waals surface area contributed by atoms with Crippen LogP contribution in [0.5, 0.6) is 0 Å². The minimum absolute atomic E-state index is 0.105. The average Bonchev–Trinajstić information content (AvgIpc) is 3.38. The van der Waals surface area contributed by atoms with Crippen LogP contribution in [0.15, 0.2) is 29.4 Å². The molecule has 1 heterocycles. The molecule has 0 radical (unpaired) electrons. The van der Waals surface area contributed by atoms with Crippen molar-refractivity contribution in [1.29, 1.82) is 0 Å². The van der Waals surface area contributed by atoms with E-state index in [2.05, 4.69) is 52.3 Å². The summed E-state index contributed by atoms with van der Waals surface area (Å²) in [6.45, 7) is 4.64. The summed E-state index contributed by atoms with van der Waals surface area (Å²) in [7, 11) is 0. The Morgan fingerprint density at radius 3 is 2.38 bits per heavy atom. The molecule has 2 aliphatic rings. The van der Waals surface area contributed by atoms with Crippen molar-refractivity contribution in [3.8, 4) is 0 Å². The lowest BCUT2D eigenvalue weighted by molar-refractivity contribution is 0.417. The maximum Gasteiger partial charge on any atom is 0.250 e. The Morgan fingerprint density at radius 2 is 1.85 bits per heavy atom. The number of alkyl halides is 3. The first-order valence-corrected chi connectivity index (χ1v) is 9.82. The normalized spacial score (nSPS) is 18.3. The van der Waals surface area contributed by atoms with Crippen molar-refractivity contribution >= 4 is 46.3 Å². The van der Waals surface area contributed by atoms with Crippen LogP contribution in [0.4, 0.5) is 5.95 Å². The molecule has 0 atom stereocenters. The summed E-state index contributed by atoms with van der Waals surface area (Å²) in [5.41, 5.74) is 9.63. The summed E-state index contributed by atoms with van der Waals surface area (Å²) >= 11 is 18.0. The van der Waals surface area contributed by atoms with E-state index in [4.69, 9.17) is 40.5 Å². The molecule has 26 heavy (non-hydrogen) atoms. The van der Waals surface area contributed by atoms with Crippen molar-refractivity contribution in [3.63, 3.8) is 0 Å². The lowest BCUT2D eigenvalue weighted by atomic mass is 9.91. The first kappa shape index (κ1) is 19.6. The molecular weight excluding hydrogens is 393 g/mol. The fourth-order valence-corrected chi connectivity index (χ4v) is 2.80. The monoisotopic (exact) mass is 413 g/mol. The molecule has 3 rings (SSSR count). The number of rotatable bonds is 7. The second kappa shape index (κ2) is 7.47. The van der Waals surface area contributed by atoms with Crippen LogP contribution in [0.1, 0.15) is 51.2 Å². The number of hydrogen-bond donors (Lipinski definition) is 2. The molecule has 140 valence electrons. The molecule has 0 aromatic carbocycles. The van der Waals surface area contributed by atoms with Crippen LogP contribution >= 0.6 is 34.8 Å². The minimum Gasteiger partial charge on any atom is -0.352 e. The summed E-state index contributed by atoms with van der Waals surface area (Å²) < 4.78 is -1.72. The van der Waals surface area contributed by atoms with E-state index in [1.54, 1.807) is 0 Å². The van der Waals surface area contributed by atoms with Gasteiger partial charge in [0.1, 0.15) is 0 Å². The quantitative estimate of drug-likeness (QED) is 0.634. The molecule has 2 aliphatic carbocycles. The van der Waals surface area contributed by atoms with E-state index in [-0.39, 0.29) is 11.4 Å². The molecule has 0 saturated heterocycles. The molecule has 0 saturated carbocycles. The van der Waals surface area contributed by atoms with Gasteiger partial charge in [0.25, 0.3) is 0 Å². The predicted molar refractivity (Wildman–Crippen MR) is 108 cm³/mol. The molecule has 0 amide bonds. The van der Waals surface area contributed by atoms with Crippen LogP contribution in [0.25, 0.3) is 5.57 Å². The molecule has 0 fully saturated rings. The van der Waals surface area contributed by atoms with E-state index in [0.29, 0.717) is 18.3 Å². The maximum absolute atomic E-state index is 6.34. The molecule has 0 aliphatic heterocycles. The van der Waals surface area contributed by atoms with E-state index in [1.807, 2.05) is 0 Å². The molecule has 1 aromatic heterocycles. The first-order chi connectivity index (χ1) is 12.2. The zero-order chi connectivity index (χ0) is 18.9. The van der Waals surface area contributed by atoms with Gasteiger partial charge >= 0.3 is 0 Å². The fraction of sp³-hybridized carbons (Fsp3) is 0.500. The number of anilines is 1. The zero-order valence-electron chi connectivity index (χ0n) is 14.8. The summed E-state index contributed by atoms with van der Waals surface area (Å²) in [4.78, 5) is 13.1. The number of allylic oxidation sites excluding steroid dienone is 6. The highest BCUT2D eigenvalue weighted by Gasteiger charge is 2.30. The van der Waals surface area contributed by atoms with Crippen LogP contribution in [0, 0.1) is 0 Å². The van der Waals surface area contributed by atoms with E-state index in [0.717, 1.165) is 31.3 Å². The SMILES string of the molecule is CCC(N)(CC)CNc1nc(C2=CC(=CC3=CC3)C2)nc(C(Cl)(Cl)Cl)n1. The van der Waals surface area contributed by atoms with Crippen molar-refractivity contribution in [2.75, 3.05) is 11.9 Å². The van der Waals surface area contributed by atoms with Gasteiger partial charge in [-0.15, -0.1) is 0 Å². The number of halogens is 3. The van der Waals surface area contributed by atoms with Crippen LogP contribution in [0.3, 0.4) is 0 Å². The van der Waals surface area contributed by atoms with Gasteiger partial charge in [0.15, 0.2) is 11.6 Å². The minimum atomic E-state index is -1.72. The van der Waals surface area contributed by atoms with Crippen LogP contribution in [-0.4, -0.2) is 27.0 Å². The molecule has 5 nitrogen and oxygen atoms in total. The lowest BCUT2D eigenvalue weighted by Crippen LogP contribution is -2.45. The topological polar surface area (TPSA) is 76.7 Å². The van der Waals surface area contributed by atoms with Gasteiger partial charge in [0.05, 0.1) is 0 Å². The average molecular weight is 415 g/mol. The largest absolute Gasteiger partial charge is 0.352 e. The third-order valence-electron chi connectivity index (χ3n) is 4.75. The Labute approximate surface area is 168 Å². The van der Waals surface area contributed by atoms with Gasteiger partial charge in [-0.05, 0) is 30.4 Å². The van der Waals surface area contributed by atoms with Gasteiger partial charge in [-0.25, -0.2) is 4.98 Å². The zero-order valence-corrected chi connectivity index (χ0v) is 17.1. The van der Waals surface area contributed by atoms with Gasteiger partial charge in [0.2, 0.25) is 9.74 Å². The highest BCUT2D eigenvalue weighted by molar-refractivity contribution is 6.66. The predicted octanol–water partition coefficient (Wildman–Crippen LogP) is 4.67. The highest BCUT2D eigenvalue weighted by atomic mass is 35.6. The first-order valence-electron chi connectivity index (χ1n) is 8.69. The van der Waals surface area contributed by atoms with Crippen molar-refractivity contribution < 1.29 is 0 Å². The summed E-state index contributed by atoms with van der Waals surface area (Å²) in [6, 6.07) is 0. The van der Waals surface area contributed by atoms with Crippen LogP contribution in [-0.2, 0) is 3.79 Å². The van der Waals surface area contributed by atoms with E-state index in [1.165, 1.54) is 11.1 Å². The van der Waals surface area contributed by atoms with Gasteiger partial charge in [-0.1, -0.05) is 66.9 Å². The highest BCUT2D eigenvalue weighted by Crippen LogP contribution is 2.39. The Hall–Kier alpha value is -1.14. The summed E-state index contributed by atoms with van der Waals surface area (Å²) in [5, 5.41) is 3.18. The molecule has 3 N–H and O–H groups in total. The van der Waals surface area contributed by atoms with Gasteiger partial charge in [-0.2, -0.15) is 9.97 Å². The number of hydrogen-bond acceptors (Lipinski definition) is 5.